The van der Waals surface area contributed by atoms with Gasteiger partial charge in [0.25, 0.3) is 5.56 Å². The highest BCUT2D eigenvalue weighted by Crippen LogP contribution is 2.23. The Bertz CT molecular complexity index is 763. The highest BCUT2D eigenvalue weighted by atomic mass is 35.5. The topological polar surface area (TPSA) is 45.8 Å². The van der Waals surface area contributed by atoms with Crippen molar-refractivity contribution in [2.24, 2.45) is 0 Å². The number of aromatic nitrogens is 2. The fourth-order valence-corrected chi connectivity index (χ4v) is 2.02. The van der Waals surface area contributed by atoms with Crippen molar-refractivity contribution in [2.75, 3.05) is 0 Å². The summed E-state index contributed by atoms with van der Waals surface area (Å²) >= 11 is 5.86. The second kappa shape index (κ2) is 4.27. The van der Waals surface area contributed by atoms with Crippen molar-refractivity contribution < 1.29 is 0 Å². The van der Waals surface area contributed by atoms with E-state index >= 15 is 0 Å². The molecule has 0 saturated carbocycles. The van der Waals surface area contributed by atoms with E-state index in [-0.39, 0.29) is 5.56 Å². The number of H-pyrrole nitrogens is 1. The molecule has 0 radical (unpaired) electrons. The second-order valence-electron chi connectivity index (χ2n) is 3.97. The summed E-state index contributed by atoms with van der Waals surface area (Å²) in [6.45, 7) is 0. The van der Waals surface area contributed by atoms with E-state index in [0.717, 1.165) is 11.1 Å². The van der Waals surface area contributed by atoms with Gasteiger partial charge in [0.15, 0.2) is 0 Å². The standard InChI is InChI=1S/C14H9ClN2O/c15-11-4-1-9(2-5-11)10-3-6-12-13(7-10)16-8-17-14(12)18/h1-8H,(H,16,17,18). The number of hydrogen-bond donors (Lipinski definition) is 1. The number of halogens is 1. The summed E-state index contributed by atoms with van der Waals surface area (Å²) in [6.07, 6.45) is 1.41. The Hall–Kier alpha value is -2.13. The van der Waals surface area contributed by atoms with E-state index in [1.165, 1.54) is 6.33 Å². The van der Waals surface area contributed by atoms with E-state index in [1.54, 1.807) is 6.07 Å². The molecule has 0 spiro atoms. The molecule has 0 bridgehead atoms. The van der Waals surface area contributed by atoms with Crippen LogP contribution in [-0.4, -0.2) is 9.97 Å². The number of fused-ring (bicyclic) bond motifs is 1. The lowest BCUT2D eigenvalue weighted by Gasteiger charge is -2.03. The van der Waals surface area contributed by atoms with Gasteiger partial charge < -0.3 is 4.98 Å². The third kappa shape index (κ3) is 1.89. The summed E-state index contributed by atoms with van der Waals surface area (Å²) < 4.78 is 0. The number of nitrogens with one attached hydrogen (secondary N) is 1. The first kappa shape index (κ1) is 11.0. The fraction of sp³-hybridized carbons (Fsp3) is 0. The van der Waals surface area contributed by atoms with Crippen LogP contribution >= 0.6 is 11.6 Å². The van der Waals surface area contributed by atoms with E-state index in [0.29, 0.717) is 15.9 Å². The minimum Gasteiger partial charge on any atom is -0.313 e. The maximum absolute atomic E-state index is 11.6. The molecule has 4 heteroatoms. The largest absolute Gasteiger partial charge is 0.313 e. The first-order valence-electron chi connectivity index (χ1n) is 5.47. The molecule has 3 aromatic rings. The molecule has 3 nitrogen and oxygen atoms in total. The molecule has 18 heavy (non-hydrogen) atoms. The Morgan fingerprint density at radius 3 is 2.50 bits per heavy atom. The van der Waals surface area contributed by atoms with E-state index in [1.807, 2.05) is 36.4 Å². The number of aromatic amines is 1. The van der Waals surface area contributed by atoms with Gasteiger partial charge in [0, 0.05) is 5.02 Å². The SMILES string of the molecule is O=c1[nH]cnc2cc(-c3ccc(Cl)cc3)ccc12. The van der Waals surface area contributed by atoms with Crippen LogP contribution in [0.4, 0.5) is 0 Å². The van der Waals surface area contributed by atoms with Crippen LogP contribution in [0.1, 0.15) is 0 Å². The Balaban J connectivity index is 2.19. The van der Waals surface area contributed by atoms with Crippen molar-refractivity contribution in [2.45, 2.75) is 0 Å². The molecule has 0 aliphatic carbocycles. The molecule has 0 aliphatic heterocycles. The zero-order valence-electron chi connectivity index (χ0n) is 9.35. The van der Waals surface area contributed by atoms with Gasteiger partial charge in [-0.15, -0.1) is 0 Å². The first-order valence-corrected chi connectivity index (χ1v) is 5.85. The van der Waals surface area contributed by atoms with Gasteiger partial charge in [0.2, 0.25) is 0 Å². The maximum atomic E-state index is 11.6. The van der Waals surface area contributed by atoms with Gasteiger partial charge >= 0.3 is 0 Å². The predicted molar refractivity (Wildman–Crippen MR) is 72.8 cm³/mol. The molecule has 0 amide bonds. The molecular formula is C14H9ClN2O. The minimum atomic E-state index is -0.123. The monoisotopic (exact) mass is 256 g/mol. The van der Waals surface area contributed by atoms with Crippen LogP contribution in [0.2, 0.25) is 5.02 Å². The molecule has 1 aromatic heterocycles. The third-order valence-corrected chi connectivity index (χ3v) is 3.07. The van der Waals surface area contributed by atoms with Gasteiger partial charge in [0.1, 0.15) is 0 Å². The maximum Gasteiger partial charge on any atom is 0.258 e. The summed E-state index contributed by atoms with van der Waals surface area (Å²) in [4.78, 5) is 18.3. The van der Waals surface area contributed by atoms with Crippen LogP contribution < -0.4 is 5.56 Å². The van der Waals surface area contributed by atoms with Gasteiger partial charge in [-0.2, -0.15) is 0 Å². The van der Waals surface area contributed by atoms with Crippen molar-refractivity contribution in [3.8, 4) is 11.1 Å². The van der Waals surface area contributed by atoms with Gasteiger partial charge in [0.05, 0.1) is 17.2 Å². The van der Waals surface area contributed by atoms with Crippen molar-refractivity contribution >= 4 is 22.5 Å². The molecule has 0 unspecified atom stereocenters. The van der Waals surface area contributed by atoms with E-state index in [2.05, 4.69) is 9.97 Å². The molecule has 0 saturated heterocycles. The summed E-state index contributed by atoms with van der Waals surface area (Å²) in [6, 6.07) is 13.1. The fourth-order valence-electron chi connectivity index (χ4n) is 1.89. The van der Waals surface area contributed by atoms with E-state index < -0.39 is 0 Å². The highest BCUT2D eigenvalue weighted by Gasteiger charge is 2.02. The number of benzene rings is 2. The number of nitrogens with zero attached hydrogens (tertiary/aromatic N) is 1. The van der Waals surface area contributed by atoms with Crippen LogP contribution in [0.25, 0.3) is 22.0 Å². The Morgan fingerprint density at radius 2 is 1.72 bits per heavy atom. The summed E-state index contributed by atoms with van der Waals surface area (Å²) in [5, 5.41) is 1.30. The molecule has 3 rings (SSSR count). The Kier molecular flexibility index (Phi) is 2.61. The summed E-state index contributed by atoms with van der Waals surface area (Å²) in [5.41, 5.74) is 2.62. The lowest BCUT2D eigenvalue weighted by Crippen LogP contribution is -2.05. The second-order valence-corrected chi connectivity index (χ2v) is 4.41. The molecule has 0 atom stereocenters. The Labute approximate surface area is 108 Å². The summed E-state index contributed by atoms with van der Waals surface area (Å²) in [5.74, 6) is 0. The minimum absolute atomic E-state index is 0.123. The Morgan fingerprint density at radius 1 is 1.00 bits per heavy atom. The van der Waals surface area contributed by atoms with Gasteiger partial charge in [-0.3, -0.25) is 4.79 Å². The van der Waals surface area contributed by atoms with Crippen molar-refractivity contribution in [3.05, 3.63) is 64.2 Å². The lowest BCUT2D eigenvalue weighted by molar-refractivity contribution is 1.17. The molecule has 1 N–H and O–H groups in total. The normalized spacial score (nSPS) is 10.7. The van der Waals surface area contributed by atoms with Crippen LogP contribution in [0.15, 0.2) is 53.6 Å². The van der Waals surface area contributed by atoms with Crippen LogP contribution in [0, 0.1) is 0 Å². The van der Waals surface area contributed by atoms with E-state index in [4.69, 9.17) is 11.6 Å². The van der Waals surface area contributed by atoms with Gasteiger partial charge in [-0.25, -0.2) is 4.98 Å². The van der Waals surface area contributed by atoms with Gasteiger partial charge in [-0.1, -0.05) is 29.8 Å². The molecule has 0 fully saturated rings. The number of hydrogen-bond acceptors (Lipinski definition) is 2. The molecular weight excluding hydrogens is 248 g/mol. The molecule has 2 aromatic carbocycles. The van der Waals surface area contributed by atoms with E-state index in [9.17, 15) is 4.79 Å². The predicted octanol–water partition coefficient (Wildman–Crippen LogP) is 3.24. The molecule has 88 valence electrons. The average Bonchev–Trinajstić information content (AvgIpc) is 2.39. The van der Waals surface area contributed by atoms with Crippen molar-refractivity contribution in [1.29, 1.82) is 0 Å². The van der Waals surface area contributed by atoms with Crippen LogP contribution in [0.5, 0.6) is 0 Å². The van der Waals surface area contributed by atoms with Crippen molar-refractivity contribution in [1.82, 2.24) is 9.97 Å². The molecule has 1 heterocycles. The highest BCUT2D eigenvalue weighted by molar-refractivity contribution is 6.30. The summed E-state index contributed by atoms with van der Waals surface area (Å²) in [7, 11) is 0. The average molecular weight is 257 g/mol. The van der Waals surface area contributed by atoms with Crippen molar-refractivity contribution in [3.63, 3.8) is 0 Å². The lowest BCUT2D eigenvalue weighted by atomic mass is 10.0. The zero-order valence-corrected chi connectivity index (χ0v) is 10.1. The first-order chi connectivity index (χ1) is 8.74. The zero-order chi connectivity index (χ0) is 12.5. The third-order valence-electron chi connectivity index (χ3n) is 2.82. The number of rotatable bonds is 1. The van der Waals surface area contributed by atoms with Crippen LogP contribution in [-0.2, 0) is 0 Å². The van der Waals surface area contributed by atoms with Gasteiger partial charge in [-0.05, 0) is 35.4 Å². The quantitative estimate of drug-likeness (QED) is 0.726. The smallest absolute Gasteiger partial charge is 0.258 e. The van der Waals surface area contributed by atoms with Crippen LogP contribution in [0.3, 0.4) is 0 Å². The molecule has 0 aliphatic rings.